The van der Waals surface area contributed by atoms with Gasteiger partial charge >= 0.3 is 6.09 Å². The average Bonchev–Trinajstić information content (AvgIpc) is 4.07. The van der Waals surface area contributed by atoms with Crippen molar-refractivity contribution < 1.29 is 41.8 Å². The number of hydrogen-bond acceptors (Lipinski definition) is 11. The van der Waals surface area contributed by atoms with Crippen LogP contribution in [0.15, 0.2) is 30.4 Å². The average molecular weight is 753 g/mol. The second-order valence-corrected chi connectivity index (χ2v) is 17.9. The molecule has 1 aromatic heterocycles. The van der Waals surface area contributed by atoms with Gasteiger partial charge in [0.25, 0.3) is 5.91 Å². The van der Waals surface area contributed by atoms with Gasteiger partial charge in [0, 0.05) is 18.4 Å². The van der Waals surface area contributed by atoms with Crippen LogP contribution in [0.1, 0.15) is 90.2 Å². The van der Waals surface area contributed by atoms with E-state index in [1.165, 1.54) is 4.90 Å². The van der Waals surface area contributed by atoms with Crippen molar-refractivity contribution >= 4 is 44.9 Å². The maximum atomic E-state index is 14.5. The highest BCUT2D eigenvalue weighted by molar-refractivity contribution is 7.91. The number of hydrogen-bond donors (Lipinski definition) is 3. The molecule has 3 aliphatic carbocycles. The van der Waals surface area contributed by atoms with Gasteiger partial charge in [-0.3, -0.25) is 19.1 Å². The summed E-state index contributed by atoms with van der Waals surface area (Å²) in [7, 11) is -2.43. The van der Waals surface area contributed by atoms with Crippen LogP contribution in [0, 0.1) is 12.8 Å². The standard InChI is InChI=1S/C37H48N6O9S/c1-22-31(39-28-18-24(50-4)12-13-26(28)38-22)51-25-19-29-30(44)41-37(33(46)42-53(48,49)36(3)16-17-36)20-23(37)10-8-6-5-7-9-11-27(32(45)43(29)21-25)40-34(47)52-35(2)14-15-35/h8,10,12-13,18,23,25,27,29H,5-7,9,11,14-17,19-21H2,1-4H3,(H,40,47)(H,41,44)(H,42,46)/b10-8-/t23-,25-,27+,29+,37-/m1/s1. The molecule has 1 aromatic carbocycles. The monoisotopic (exact) mass is 752 g/mol. The van der Waals surface area contributed by atoms with Crippen molar-refractivity contribution in [3.63, 3.8) is 0 Å². The molecule has 1 saturated heterocycles. The number of ether oxygens (including phenoxy) is 3. The Balaban J connectivity index is 1.18. The smallest absolute Gasteiger partial charge is 0.408 e. The second kappa shape index (κ2) is 13.7. The molecule has 3 heterocycles. The normalized spacial score (nSPS) is 29.6. The van der Waals surface area contributed by atoms with Gasteiger partial charge in [-0.25, -0.2) is 23.2 Å². The maximum absolute atomic E-state index is 14.5. The van der Waals surface area contributed by atoms with E-state index in [4.69, 9.17) is 14.2 Å². The number of rotatable bonds is 8. The third kappa shape index (κ3) is 7.64. The van der Waals surface area contributed by atoms with Gasteiger partial charge in [0.2, 0.25) is 27.7 Å². The highest BCUT2D eigenvalue weighted by Crippen LogP contribution is 2.47. The van der Waals surface area contributed by atoms with Crippen molar-refractivity contribution in [2.45, 2.75) is 125 Å². The molecule has 5 atom stereocenters. The lowest BCUT2D eigenvalue weighted by molar-refractivity contribution is -0.141. The molecule has 4 fully saturated rings. The Morgan fingerprint density at radius 1 is 1.04 bits per heavy atom. The number of aromatic nitrogens is 2. The number of nitrogens with one attached hydrogen (secondary N) is 3. The van der Waals surface area contributed by atoms with E-state index < -0.39 is 73.8 Å². The van der Waals surface area contributed by atoms with E-state index in [0.29, 0.717) is 54.6 Å². The van der Waals surface area contributed by atoms with E-state index in [0.717, 1.165) is 25.7 Å². The van der Waals surface area contributed by atoms with Crippen LogP contribution in [0.25, 0.3) is 11.0 Å². The van der Waals surface area contributed by atoms with Crippen LogP contribution in [0.2, 0.25) is 0 Å². The summed E-state index contributed by atoms with van der Waals surface area (Å²) < 4.78 is 44.8. The SMILES string of the molecule is COc1ccc2nc(C)c(O[C@@H]3C[C@H]4C(=O)N[C@]5(C(=O)NS(=O)(=O)C6(C)CC6)C[C@H]5/C=C\CCCCC[C@H](NC(=O)OC5(C)CC5)C(=O)N4C3)nc2c1. The summed E-state index contributed by atoms with van der Waals surface area (Å²) in [5.41, 5.74) is -0.390. The number of carbonyl (C=O) groups is 4. The Labute approximate surface area is 309 Å². The highest BCUT2D eigenvalue weighted by Gasteiger charge is 2.63. The molecule has 4 amide bonds. The van der Waals surface area contributed by atoms with Gasteiger partial charge in [-0.15, -0.1) is 0 Å². The predicted molar refractivity (Wildman–Crippen MR) is 192 cm³/mol. The molecule has 0 bridgehead atoms. The molecule has 15 nitrogen and oxygen atoms in total. The fourth-order valence-corrected chi connectivity index (χ4v) is 8.43. The lowest BCUT2D eigenvalue weighted by atomic mass is 10.0. The molecular formula is C37H48N6O9S. The third-order valence-corrected chi connectivity index (χ3v) is 13.5. The van der Waals surface area contributed by atoms with Gasteiger partial charge in [-0.1, -0.05) is 25.0 Å². The van der Waals surface area contributed by atoms with Crippen LogP contribution in [0.4, 0.5) is 4.79 Å². The van der Waals surface area contributed by atoms with Gasteiger partial charge in [0.05, 0.1) is 29.4 Å². The Kier molecular flexibility index (Phi) is 9.56. The van der Waals surface area contributed by atoms with Crippen LogP contribution in [0.3, 0.4) is 0 Å². The number of amides is 4. The Morgan fingerprint density at radius 3 is 2.53 bits per heavy atom. The van der Waals surface area contributed by atoms with Crippen molar-refractivity contribution in [2.24, 2.45) is 5.92 Å². The zero-order valence-electron chi connectivity index (χ0n) is 30.6. The molecule has 0 spiro atoms. The van der Waals surface area contributed by atoms with Gasteiger partial charge < -0.3 is 29.7 Å². The molecule has 2 aromatic rings. The minimum atomic E-state index is -3.98. The quantitative estimate of drug-likeness (QED) is 0.335. The summed E-state index contributed by atoms with van der Waals surface area (Å²) in [6.07, 6.45) is 8.23. The topological polar surface area (TPSA) is 195 Å². The zero-order chi connectivity index (χ0) is 37.8. The Bertz CT molecular complexity index is 1960. The number of carbonyl (C=O) groups excluding carboxylic acids is 4. The fraction of sp³-hybridized carbons (Fsp3) is 0.622. The van der Waals surface area contributed by atoms with E-state index in [-0.39, 0.29) is 25.3 Å². The van der Waals surface area contributed by atoms with E-state index >= 15 is 0 Å². The van der Waals surface area contributed by atoms with Crippen LogP contribution in [-0.4, -0.2) is 94.8 Å². The summed E-state index contributed by atoms with van der Waals surface area (Å²) >= 11 is 0. The molecule has 2 aliphatic heterocycles. The number of aryl methyl sites for hydroxylation is 1. The van der Waals surface area contributed by atoms with Crippen LogP contribution in [0.5, 0.6) is 11.6 Å². The van der Waals surface area contributed by atoms with Gasteiger partial charge in [0.1, 0.15) is 40.8 Å². The molecule has 5 aliphatic rings. The molecule has 3 N–H and O–H groups in total. The molecule has 286 valence electrons. The number of methoxy groups -OCH3 is 1. The lowest BCUT2D eigenvalue weighted by Gasteiger charge is -2.30. The molecule has 0 radical (unpaired) electrons. The third-order valence-electron chi connectivity index (χ3n) is 11.3. The minimum absolute atomic E-state index is 0.0195. The summed E-state index contributed by atoms with van der Waals surface area (Å²) in [6, 6.07) is 3.21. The van der Waals surface area contributed by atoms with Crippen LogP contribution in [-0.2, 0) is 29.1 Å². The Hall–Kier alpha value is -4.47. The number of fused-ring (bicyclic) bond motifs is 3. The number of allylic oxidation sites excluding steroid dienone is 1. The predicted octanol–water partition coefficient (Wildman–Crippen LogP) is 3.34. The van der Waals surface area contributed by atoms with Crippen LogP contribution >= 0.6 is 0 Å². The number of nitrogens with zero attached hydrogens (tertiary/aromatic N) is 3. The lowest BCUT2D eigenvalue weighted by Crippen LogP contribution is -2.58. The molecule has 0 unspecified atom stereocenters. The first-order valence-electron chi connectivity index (χ1n) is 18.5. The highest BCUT2D eigenvalue weighted by atomic mass is 32.2. The van der Waals surface area contributed by atoms with Crippen molar-refractivity contribution in [2.75, 3.05) is 13.7 Å². The minimum Gasteiger partial charge on any atom is -0.497 e. The second-order valence-electron chi connectivity index (χ2n) is 15.7. The van der Waals surface area contributed by atoms with E-state index in [9.17, 15) is 27.6 Å². The van der Waals surface area contributed by atoms with Crippen molar-refractivity contribution in [1.82, 2.24) is 30.2 Å². The maximum Gasteiger partial charge on any atom is 0.408 e. The summed E-state index contributed by atoms with van der Waals surface area (Å²) in [6.45, 7) is 5.16. The van der Waals surface area contributed by atoms with Crippen molar-refractivity contribution in [1.29, 1.82) is 0 Å². The van der Waals surface area contributed by atoms with E-state index in [2.05, 4.69) is 25.3 Å². The van der Waals surface area contributed by atoms with Crippen LogP contribution < -0.4 is 24.8 Å². The molecule has 53 heavy (non-hydrogen) atoms. The van der Waals surface area contributed by atoms with E-state index in [1.807, 2.05) is 19.1 Å². The summed E-state index contributed by atoms with van der Waals surface area (Å²) in [5.74, 6) is -1.52. The Morgan fingerprint density at radius 2 is 1.81 bits per heavy atom. The number of alkyl carbamates (subject to hydrolysis) is 1. The van der Waals surface area contributed by atoms with E-state index in [1.54, 1.807) is 39.2 Å². The molecular weight excluding hydrogens is 705 g/mol. The largest absolute Gasteiger partial charge is 0.497 e. The fourth-order valence-electron chi connectivity index (χ4n) is 7.12. The van der Waals surface area contributed by atoms with Gasteiger partial charge in [-0.05, 0) is 84.3 Å². The molecule has 7 rings (SSSR count). The summed E-state index contributed by atoms with van der Waals surface area (Å²) in [4.78, 5) is 66.3. The first kappa shape index (κ1) is 36.9. The molecule has 3 saturated carbocycles. The van der Waals surface area contributed by atoms with Crippen molar-refractivity contribution in [3.05, 3.63) is 36.0 Å². The van der Waals surface area contributed by atoms with Gasteiger partial charge in [-0.2, -0.15) is 0 Å². The first-order valence-corrected chi connectivity index (χ1v) is 20.0. The first-order chi connectivity index (χ1) is 25.1. The molecule has 16 heteroatoms. The zero-order valence-corrected chi connectivity index (χ0v) is 31.4. The van der Waals surface area contributed by atoms with Gasteiger partial charge in [0.15, 0.2) is 0 Å². The summed E-state index contributed by atoms with van der Waals surface area (Å²) in [5, 5.41) is 5.65. The number of sulfonamides is 1. The van der Waals surface area contributed by atoms with Crippen molar-refractivity contribution in [3.8, 4) is 11.6 Å². The number of benzene rings is 1.